The Balaban J connectivity index is 2.60. The van der Waals surface area contributed by atoms with Crippen LogP contribution in [0.4, 0.5) is 0 Å². The summed E-state index contributed by atoms with van der Waals surface area (Å²) in [5.41, 5.74) is 1.29. The summed E-state index contributed by atoms with van der Waals surface area (Å²) < 4.78 is 5.09. The number of hydrogen-bond donors (Lipinski definition) is 1. The van der Waals surface area contributed by atoms with Crippen LogP contribution in [0.1, 0.15) is 15.9 Å². The van der Waals surface area contributed by atoms with Crippen LogP contribution in [0.2, 0.25) is 0 Å². The first-order valence-corrected chi connectivity index (χ1v) is 6.82. The van der Waals surface area contributed by atoms with E-state index in [1.807, 2.05) is 31.9 Å². The van der Waals surface area contributed by atoms with Gasteiger partial charge in [-0.2, -0.15) is 11.8 Å². The zero-order chi connectivity index (χ0) is 13.5. The topological polar surface area (TPSA) is 49.8 Å². The van der Waals surface area contributed by atoms with Crippen LogP contribution in [-0.2, 0) is 5.75 Å². The molecule has 100 valence electrons. The Hall–Kier alpha value is -1.20. The van der Waals surface area contributed by atoms with Crippen LogP contribution < -0.4 is 4.74 Å². The van der Waals surface area contributed by atoms with Crippen LogP contribution in [0.25, 0.3) is 0 Å². The summed E-state index contributed by atoms with van der Waals surface area (Å²) in [5.74, 6) is 1.38. The SMILES string of the molecule is COc1cc(CSCCN(C)C)ccc1C(=O)O. The Morgan fingerprint density at radius 2 is 2.17 bits per heavy atom. The summed E-state index contributed by atoms with van der Waals surface area (Å²) in [7, 11) is 5.58. The third-order valence-electron chi connectivity index (χ3n) is 2.45. The number of hydrogen-bond acceptors (Lipinski definition) is 4. The van der Waals surface area contributed by atoms with Crippen molar-refractivity contribution in [3.63, 3.8) is 0 Å². The second-order valence-corrected chi connectivity index (χ2v) is 5.30. The molecule has 0 heterocycles. The van der Waals surface area contributed by atoms with Crippen molar-refractivity contribution < 1.29 is 14.6 Å². The second kappa shape index (κ2) is 7.28. The van der Waals surface area contributed by atoms with Gasteiger partial charge in [0.15, 0.2) is 0 Å². The van der Waals surface area contributed by atoms with Crippen LogP contribution in [0.5, 0.6) is 5.75 Å². The highest BCUT2D eigenvalue weighted by Gasteiger charge is 2.10. The van der Waals surface area contributed by atoms with E-state index in [1.165, 1.54) is 7.11 Å². The minimum absolute atomic E-state index is 0.208. The second-order valence-electron chi connectivity index (χ2n) is 4.20. The van der Waals surface area contributed by atoms with Crippen LogP contribution >= 0.6 is 11.8 Å². The van der Waals surface area contributed by atoms with Gasteiger partial charge in [0.1, 0.15) is 11.3 Å². The first-order valence-electron chi connectivity index (χ1n) is 5.67. The van der Waals surface area contributed by atoms with E-state index in [4.69, 9.17) is 9.84 Å². The normalized spacial score (nSPS) is 10.7. The summed E-state index contributed by atoms with van der Waals surface area (Å²) in [4.78, 5) is 13.1. The number of nitrogens with zero attached hydrogens (tertiary/aromatic N) is 1. The highest BCUT2D eigenvalue weighted by Crippen LogP contribution is 2.22. The van der Waals surface area contributed by atoms with Crippen molar-refractivity contribution >= 4 is 17.7 Å². The quantitative estimate of drug-likeness (QED) is 0.769. The summed E-state index contributed by atoms with van der Waals surface area (Å²) in [6, 6.07) is 5.24. The molecule has 0 aliphatic rings. The molecule has 0 bridgehead atoms. The Morgan fingerprint density at radius 3 is 2.72 bits per heavy atom. The lowest BCUT2D eigenvalue weighted by Gasteiger charge is -2.10. The van der Waals surface area contributed by atoms with Gasteiger partial charge >= 0.3 is 5.97 Å². The lowest BCUT2D eigenvalue weighted by atomic mass is 10.1. The molecule has 0 aromatic heterocycles. The van der Waals surface area contributed by atoms with E-state index in [0.29, 0.717) is 5.75 Å². The molecule has 0 radical (unpaired) electrons. The number of carboxylic acids is 1. The van der Waals surface area contributed by atoms with Crippen molar-refractivity contribution in [2.75, 3.05) is 33.5 Å². The minimum atomic E-state index is -0.960. The van der Waals surface area contributed by atoms with Gasteiger partial charge in [0.05, 0.1) is 7.11 Å². The molecule has 1 aromatic carbocycles. The molecule has 0 atom stereocenters. The zero-order valence-electron chi connectivity index (χ0n) is 11.0. The van der Waals surface area contributed by atoms with Gasteiger partial charge in [-0.05, 0) is 31.8 Å². The largest absolute Gasteiger partial charge is 0.496 e. The zero-order valence-corrected chi connectivity index (χ0v) is 11.8. The Kier molecular flexibility index (Phi) is 6.01. The lowest BCUT2D eigenvalue weighted by molar-refractivity contribution is 0.0693. The molecule has 0 amide bonds. The van der Waals surface area contributed by atoms with E-state index in [1.54, 1.807) is 12.1 Å². The van der Waals surface area contributed by atoms with Crippen molar-refractivity contribution in [2.24, 2.45) is 0 Å². The molecule has 1 rings (SSSR count). The first-order chi connectivity index (χ1) is 8.54. The maximum absolute atomic E-state index is 10.9. The number of carbonyl (C=O) groups is 1. The van der Waals surface area contributed by atoms with Crippen molar-refractivity contribution in [1.82, 2.24) is 4.90 Å². The van der Waals surface area contributed by atoms with Gasteiger partial charge < -0.3 is 14.7 Å². The molecule has 1 aromatic rings. The average molecular weight is 269 g/mol. The molecule has 0 unspecified atom stereocenters. The van der Waals surface area contributed by atoms with Crippen LogP contribution in [0.15, 0.2) is 18.2 Å². The predicted molar refractivity (Wildman–Crippen MR) is 74.7 cm³/mol. The molecular weight excluding hydrogens is 250 g/mol. The molecule has 4 nitrogen and oxygen atoms in total. The van der Waals surface area contributed by atoms with Gasteiger partial charge in [0, 0.05) is 18.1 Å². The van der Waals surface area contributed by atoms with Crippen molar-refractivity contribution in [2.45, 2.75) is 5.75 Å². The van der Waals surface area contributed by atoms with Crippen molar-refractivity contribution in [3.8, 4) is 5.75 Å². The Bertz CT molecular complexity index is 407. The number of rotatable bonds is 7. The van der Waals surface area contributed by atoms with Gasteiger partial charge in [-0.25, -0.2) is 4.79 Å². The Labute approximate surface area is 112 Å². The van der Waals surface area contributed by atoms with Gasteiger partial charge in [-0.1, -0.05) is 6.07 Å². The Morgan fingerprint density at radius 1 is 1.44 bits per heavy atom. The van der Waals surface area contributed by atoms with Crippen molar-refractivity contribution in [1.29, 1.82) is 0 Å². The number of methoxy groups -OCH3 is 1. The van der Waals surface area contributed by atoms with Crippen LogP contribution in [0.3, 0.4) is 0 Å². The van der Waals surface area contributed by atoms with E-state index >= 15 is 0 Å². The highest BCUT2D eigenvalue weighted by molar-refractivity contribution is 7.98. The monoisotopic (exact) mass is 269 g/mol. The molecule has 1 N–H and O–H groups in total. The number of thioether (sulfide) groups is 1. The first kappa shape index (κ1) is 14.9. The molecule has 0 spiro atoms. The molecule has 0 aliphatic heterocycles. The van der Waals surface area contributed by atoms with Crippen LogP contribution in [-0.4, -0.2) is 49.5 Å². The van der Waals surface area contributed by atoms with E-state index in [9.17, 15) is 4.79 Å². The average Bonchev–Trinajstić information content (AvgIpc) is 2.33. The van der Waals surface area contributed by atoms with E-state index in [2.05, 4.69) is 4.90 Å². The molecule has 18 heavy (non-hydrogen) atoms. The summed E-state index contributed by atoms with van der Waals surface area (Å²) in [5, 5.41) is 8.97. The van der Waals surface area contributed by atoms with Crippen LogP contribution in [0, 0.1) is 0 Å². The van der Waals surface area contributed by atoms with Gasteiger partial charge in [0.25, 0.3) is 0 Å². The molecule has 0 aliphatic carbocycles. The van der Waals surface area contributed by atoms with Gasteiger partial charge in [-0.3, -0.25) is 0 Å². The highest BCUT2D eigenvalue weighted by atomic mass is 32.2. The smallest absolute Gasteiger partial charge is 0.339 e. The maximum Gasteiger partial charge on any atom is 0.339 e. The lowest BCUT2D eigenvalue weighted by Crippen LogP contribution is -2.14. The number of benzene rings is 1. The number of ether oxygens (including phenoxy) is 1. The van der Waals surface area contributed by atoms with Crippen molar-refractivity contribution in [3.05, 3.63) is 29.3 Å². The van der Waals surface area contributed by atoms with Gasteiger partial charge in [-0.15, -0.1) is 0 Å². The standard InChI is InChI=1S/C13H19NO3S/c1-14(2)6-7-18-9-10-4-5-11(13(15)16)12(8-10)17-3/h4-5,8H,6-7,9H2,1-3H3,(H,15,16). The number of aromatic carboxylic acids is 1. The third-order valence-corrected chi connectivity index (χ3v) is 3.46. The molecule has 0 saturated carbocycles. The molecule has 0 saturated heterocycles. The summed E-state index contributed by atoms with van der Waals surface area (Å²) in [6.45, 7) is 1.04. The van der Waals surface area contributed by atoms with E-state index in [-0.39, 0.29) is 5.56 Å². The fraction of sp³-hybridized carbons (Fsp3) is 0.462. The van der Waals surface area contributed by atoms with E-state index < -0.39 is 5.97 Å². The van der Waals surface area contributed by atoms with Gasteiger partial charge in [0.2, 0.25) is 0 Å². The fourth-order valence-electron chi connectivity index (χ4n) is 1.44. The molecule has 0 fully saturated rings. The maximum atomic E-state index is 10.9. The minimum Gasteiger partial charge on any atom is -0.496 e. The summed E-state index contributed by atoms with van der Waals surface area (Å²) >= 11 is 1.82. The fourth-order valence-corrected chi connectivity index (χ4v) is 2.49. The predicted octanol–water partition coefficient (Wildman–Crippen LogP) is 2.19. The summed E-state index contributed by atoms with van der Waals surface area (Å²) in [6.07, 6.45) is 0. The molecular formula is C13H19NO3S. The molecule has 5 heteroatoms. The third kappa shape index (κ3) is 4.58. The number of carboxylic acid groups (broad SMARTS) is 1. The van der Waals surface area contributed by atoms with E-state index in [0.717, 1.165) is 23.6 Å².